The van der Waals surface area contributed by atoms with Crippen LogP contribution in [0, 0.1) is 16.4 Å². The molecule has 86 valence electrons. The molecule has 3 nitrogen and oxygen atoms in total. The average molecular weight is 330 g/mol. The fourth-order valence-corrected chi connectivity index (χ4v) is 2.97. The fourth-order valence-electron chi connectivity index (χ4n) is 2.00. The molecule has 4 heteroatoms. The third kappa shape index (κ3) is 2.22. The second kappa shape index (κ2) is 4.71. The molecule has 1 aromatic rings. The molecule has 1 heterocycles. The molecule has 0 aliphatic carbocycles. The number of nitrogens with two attached hydrogens (primary N) is 1. The van der Waals surface area contributed by atoms with E-state index in [1.54, 1.807) is 0 Å². The summed E-state index contributed by atoms with van der Waals surface area (Å²) in [6.45, 7) is 3.40. The van der Waals surface area contributed by atoms with E-state index < -0.39 is 0 Å². The minimum absolute atomic E-state index is 0.192. The zero-order valence-electron chi connectivity index (χ0n) is 9.24. The standard InChI is InChI=1S/C12H15IN2O/c1-8-2-3-11(10(13)4-8)15-7-9(6-14)5-12(15)16/h2-4,9H,5-7,14H2,1H3. The summed E-state index contributed by atoms with van der Waals surface area (Å²) < 4.78 is 1.13. The number of hydrogen-bond donors (Lipinski definition) is 1. The molecule has 0 spiro atoms. The van der Waals surface area contributed by atoms with Crippen LogP contribution >= 0.6 is 22.6 Å². The number of carbonyl (C=O) groups is 1. The van der Waals surface area contributed by atoms with Crippen molar-refractivity contribution in [3.8, 4) is 0 Å². The Balaban J connectivity index is 2.28. The van der Waals surface area contributed by atoms with E-state index in [0.29, 0.717) is 18.9 Å². The summed E-state index contributed by atoms with van der Waals surface area (Å²) in [6, 6.07) is 6.16. The van der Waals surface area contributed by atoms with Crippen LogP contribution in [-0.4, -0.2) is 19.0 Å². The highest BCUT2D eigenvalue weighted by Crippen LogP contribution is 2.29. The van der Waals surface area contributed by atoms with Gasteiger partial charge >= 0.3 is 0 Å². The van der Waals surface area contributed by atoms with Gasteiger partial charge in [0.25, 0.3) is 0 Å². The van der Waals surface area contributed by atoms with Crippen LogP contribution in [-0.2, 0) is 4.79 Å². The zero-order chi connectivity index (χ0) is 11.7. The number of aryl methyl sites for hydroxylation is 1. The summed E-state index contributed by atoms with van der Waals surface area (Å²) in [5, 5.41) is 0. The number of carbonyl (C=O) groups excluding carboxylic acids is 1. The first-order valence-corrected chi connectivity index (χ1v) is 6.46. The van der Waals surface area contributed by atoms with Crippen molar-refractivity contribution in [2.75, 3.05) is 18.0 Å². The Kier molecular flexibility index (Phi) is 3.49. The van der Waals surface area contributed by atoms with Crippen molar-refractivity contribution in [1.29, 1.82) is 0 Å². The number of halogens is 1. The van der Waals surface area contributed by atoms with Crippen molar-refractivity contribution in [3.63, 3.8) is 0 Å². The highest BCUT2D eigenvalue weighted by Gasteiger charge is 2.30. The van der Waals surface area contributed by atoms with Gasteiger partial charge in [0.15, 0.2) is 0 Å². The van der Waals surface area contributed by atoms with Gasteiger partial charge in [-0.2, -0.15) is 0 Å². The van der Waals surface area contributed by atoms with Crippen LogP contribution in [0.4, 0.5) is 5.69 Å². The summed E-state index contributed by atoms with van der Waals surface area (Å²) in [7, 11) is 0. The molecule has 1 aliphatic heterocycles. The summed E-state index contributed by atoms with van der Waals surface area (Å²) >= 11 is 2.28. The smallest absolute Gasteiger partial charge is 0.227 e. The Morgan fingerprint density at radius 1 is 1.56 bits per heavy atom. The lowest BCUT2D eigenvalue weighted by molar-refractivity contribution is -0.117. The number of amides is 1. The van der Waals surface area contributed by atoms with E-state index in [1.165, 1.54) is 5.56 Å². The molecule has 0 bridgehead atoms. The van der Waals surface area contributed by atoms with Gasteiger partial charge in [-0.15, -0.1) is 0 Å². The normalized spacial score (nSPS) is 20.6. The predicted octanol–water partition coefficient (Wildman–Crippen LogP) is 1.91. The van der Waals surface area contributed by atoms with Gasteiger partial charge in [-0.3, -0.25) is 4.79 Å². The zero-order valence-corrected chi connectivity index (χ0v) is 11.4. The van der Waals surface area contributed by atoms with Crippen LogP contribution in [0.15, 0.2) is 18.2 Å². The third-order valence-corrected chi connectivity index (χ3v) is 3.80. The van der Waals surface area contributed by atoms with Crippen LogP contribution in [0.5, 0.6) is 0 Å². The lowest BCUT2D eigenvalue weighted by Gasteiger charge is -2.18. The van der Waals surface area contributed by atoms with E-state index >= 15 is 0 Å². The van der Waals surface area contributed by atoms with E-state index in [4.69, 9.17) is 5.73 Å². The van der Waals surface area contributed by atoms with E-state index in [-0.39, 0.29) is 5.91 Å². The first-order valence-electron chi connectivity index (χ1n) is 5.38. The summed E-state index contributed by atoms with van der Waals surface area (Å²) in [4.78, 5) is 13.7. The van der Waals surface area contributed by atoms with Crippen molar-refractivity contribution in [3.05, 3.63) is 27.3 Å². The Bertz CT molecular complexity index is 419. The van der Waals surface area contributed by atoms with Gasteiger partial charge in [-0.25, -0.2) is 0 Å². The highest BCUT2D eigenvalue weighted by molar-refractivity contribution is 14.1. The molecule has 16 heavy (non-hydrogen) atoms. The van der Waals surface area contributed by atoms with Gasteiger partial charge in [-0.1, -0.05) is 6.07 Å². The number of rotatable bonds is 2. The summed E-state index contributed by atoms with van der Waals surface area (Å²) in [5.41, 5.74) is 7.86. The number of benzene rings is 1. The molecule has 1 amide bonds. The van der Waals surface area contributed by atoms with Crippen LogP contribution in [0.25, 0.3) is 0 Å². The SMILES string of the molecule is Cc1ccc(N2CC(CN)CC2=O)c(I)c1. The minimum Gasteiger partial charge on any atom is -0.330 e. The lowest BCUT2D eigenvalue weighted by Crippen LogP contribution is -2.26. The third-order valence-electron chi connectivity index (χ3n) is 2.93. The predicted molar refractivity (Wildman–Crippen MR) is 73.4 cm³/mol. The Morgan fingerprint density at radius 2 is 2.31 bits per heavy atom. The number of anilines is 1. The molecule has 1 aliphatic rings. The first kappa shape index (κ1) is 11.9. The fraction of sp³-hybridized carbons (Fsp3) is 0.417. The molecular formula is C12H15IN2O. The molecule has 0 saturated carbocycles. The number of nitrogens with zero attached hydrogens (tertiary/aromatic N) is 1. The van der Waals surface area contributed by atoms with Crippen molar-refractivity contribution in [2.24, 2.45) is 11.7 Å². The van der Waals surface area contributed by atoms with Gasteiger partial charge in [0.05, 0.1) is 5.69 Å². The molecule has 2 N–H and O–H groups in total. The first-order chi connectivity index (χ1) is 7.61. The highest BCUT2D eigenvalue weighted by atomic mass is 127. The molecule has 0 radical (unpaired) electrons. The van der Waals surface area contributed by atoms with Gasteiger partial charge in [0.2, 0.25) is 5.91 Å². The second-order valence-electron chi connectivity index (χ2n) is 4.27. The van der Waals surface area contributed by atoms with E-state index in [2.05, 4.69) is 35.6 Å². The minimum atomic E-state index is 0.192. The van der Waals surface area contributed by atoms with Crippen LogP contribution < -0.4 is 10.6 Å². The Morgan fingerprint density at radius 3 is 2.88 bits per heavy atom. The van der Waals surface area contributed by atoms with Crippen molar-refractivity contribution in [1.82, 2.24) is 0 Å². The molecule has 1 atom stereocenters. The lowest BCUT2D eigenvalue weighted by atomic mass is 10.1. The van der Waals surface area contributed by atoms with E-state index in [1.807, 2.05) is 17.0 Å². The van der Waals surface area contributed by atoms with Gasteiger partial charge in [0, 0.05) is 16.5 Å². The van der Waals surface area contributed by atoms with Crippen LogP contribution in [0.2, 0.25) is 0 Å². The van der Waals surface area contributed by atoms with Crippen molar-refractivity contribution in [2.45, 2.75) is 13.3 Å². The molecule has 1 fully saturated rings. The Labute approximate surface area is 109 Å². The maximum atomic E-state index is 11.8. The van der Waals surface area contributed by atoms with Crippen molar-refractivity contribution < 1.29 is 4.79 Å². The maximum Gasteiger partial charge on any atom is 0.227 e. The second-order valence-corrected chi connectivity index (χ2v) is 5.43. The van der Waals surface area contributed by atoms with Crippen molar-refractivity contribution >= 4 is 34.2 Å². The van der Waals surface area contributed by atoms with E-state index in [0.717, 1.165) is 15.8 Å². The van der Waals surface area contributed by atoms with Gasteiger partial charge < -0.3 is 10.6 Å². The topological polar surface area (TPSA) is 46.3 Å². The maximum absolute atomic E-state index is 11.8. The van der Waals surface area contributed by atoms with Gasteiger partial charge in [-0.05, 0) is 59.7 Å². The molecular weight excluding hydrogens is 315 g/mol. The molecule has 2 rings (SSSR count). The average Bonchev–Trinajstić information content (AvgIpc) is 2.60. The monoisotopic (exact) mass is 330 g/mol. The summed E-state index contributed by atoms with van der Waals surface area (Å²) in [6.07, 6.45) is 0.584. The summed E-state index contributed by atoms with van der Waals surface area (Å²) in [5.74, 6) is 0.502. The number of hydrogen-bond acceptors (Lipinski definition) is 2. The van der Waals surface area contributed by atoms with Crippen LogP contribution in [0.1, 0.15) is 12.0 Å². The van der Waals surface area contributed by atoms with E-state index in [9.17, 15) is 4.79 Å². The molecule has 0 aromatic heterocycles. The van der Waals surface area contributed by atoms with Crippen LogP contribution in [0.3, 0.4) is 0 Å². The molecule has 1 aromatic carbocycles. The van der Waals surface area contributed by atoms with Gasteiger partial charge in [0.1, 0.15) is 0 Å². The quantitative estimate of drug-likeness (QED) is 0.842. The largest absolute Gasteiger partial charge is 0.330 e. The Hall–Kier alpha value is -0.620. The molecule has 1 saturated heterocycles. The molecule has 1 unspecified atom stereocenters.